The largest absolute Gasteiger partial charge is 0.508 e. The Bertz CT molecular complexity index is 1990. The third-order valence-corrected chi connectivity index (χ3v) is 8.21. The molecule has 14 nitrogen and oxygen atoms in total. The predicted octanol–water partition coefficient (Wildman–Crippen LogP) is 1.12. The molecule has 2 heterocycles. The minimum Gasteiger partial charge on any atom is -0.508 e. The van der Waals surface area contributed by atoms with Crippen LogP contribution in [0.4, 0.5) is 0 Å². The van der Waals surface area contributed by atoms with Gasteiger partial charge in [-0.1, -0.05) is 48.5 Å². The second kappa shape index (κ2) is 15.2. The summed E-state index contributed by atoms with van der Waals surface area (Å²) in [5, 5.41) is 29.0. The lowest BCUT2D eigenvalue weighted by Gasteiger charge is -2.25. The Kier molecular flexibility index (Phi) is 10.6. The Morgan fingerprint density at radius 1 is 0.653 bits per heavy atom. The number of carbonyl (C=O) groups excluding carboxylic acids is 4. The average molecular weight is 668 g/mol. The Morgan fingerprint density at radius 2 is 1.16 bits per heavy atom. The highest BCUT2D eigenvalue weighted by atomic mass is 16.4. The van der Waals surface area contributed by atoms with Crippen LogP contribution in [0.3, 0.4) is 0 Å². The Hall–Kier alpha value is -6.15. The summed E-state index contributed by atoms with van der Waals surface area (Å²) in [4.78, 5) is 70.9. The molecule has 4 atom stereocenters. The molecule has 11 N–H and O–H groups in total. The minimum absolute atomic E-state index is 0.0216. The number of amides is 4. The molecule has 14 heteroatoms. The van der Waals surface area contributed by atoms with Crippen LogP contribution in [-0.2, 0) is 43.2 Å². The summed E-state index contributed by atoms with van der Waals surface area (Å²) in [6.07, 6.45) is 2.76. The summed E-state index contributed by atoms with van der Waals surface area (Å²) in [7, 11) is 0. The second-order valence-electron chi connectivity index (χ2n) is 11.8. The Labute approximate surface area is 280 Å². The molecule has 0 bridgehead atoms. The summed E-state index contributed by atoms with van der Waals surface area (Å²) < 4.78 is 0. The second-order valence-corrected chi connectivity index (χ2v) is 11.8. The summed E-state index contributed by atoms with van der Waals surface area (Å²) >= 11 is 0. The van der Waals surface area contributed by atoms with E-state index in [9.17, 15) is 34.2 Å². The summed E-state index contributed by atoms with van der Waals surface area (Å²) in [6.45, 7) is 0. The molecule has 49 heavy (non-hydrogen) atoms. The molecule has 3 aromatic carbocycles. The molecule has 2 aromatic heterocycles. The fraction of sp³-hybridized carbons (Fsp3) is 0.229. The van der Waals surface area contributed by atoms with Gasteiger partial charge in [0.1, 0.15) is 23.9 Å². The number of fused-ring (bicyclic) bond motifs is 2. The molecule has 0 fully saturated rings. The lowest BCUT2D eigenvalue weighted by atomic mass is 10.0. The number of phenols is 1. The average Bonchev–Trinajstić information content (AvgIpc) is 3.68. The Morgan fingerprint density at radius 3 is 1.73 bits per heavy atom. The van der Waals surface area contributed by atoms with E-state index in [1.165, 1.54) is 24.3 Å². The smallest absolute Gasteiger partial charge is 0.326 e. The molecule has 4 unspecified atom stereocenters. The van der Waals surface area contributed by atoms with E-state index in [1.54, 1.807) is 12.4 Å². The van der Waals surface area contributed by atoms with Gasteiger partial charge in [-0.05, 0) is 47.4 Å². The Balaban J connectivity index is 1.32. The van der Waals surface area contributed by atoms with Gasteiger partial charge in [-0.25, -0.2) is 4.79 Å². The van der Waals surface area contributed by atoms with E-state index in [1.807, 2.05) is 48.5 Å². The van der Waals surface area contributed by atoms with E-state index in [0.29, 0.717) is 11.1 Å². The number of carboxylic acids is 1. The van der Waals surface area contributed by atoms with Crippen molar-refractivity contribution in [1.82, 2.24) is 25.9 Å². The van der Waals surface area contributed by atoms with Crippen LogP contribution >= 0.6 is 0 Å². The monoisotopic (exact) mass is 667 g/mol. The van der Waals surface area contributed by atoms with E-state index in [0.717, 1.165) is 27.4 Å². The van der Waals surface area contributed by atoms with Crippen LogP contribution in [0.2, 0.25) is 0 Å². The first-order valence-corrected chi connectivity index (χ1v) is 15.5. The molecule has 5 rings (SSSR count). The van der Waals surface area contributed by atoms with Gasteiger partial charge in [-0.2, -0.15) is 0 Å². The summed E-state index contributed by atoms with van der Waals surface area (Å²) in [5.74, 6) is -4.67. The molecule has 0 aliphatic carbocycles. The van der Waals surface area contributed by atoms with Crippen LogP contribution in [0.15, 0.2) is 85.2 Å². The molecule has 0 aliphatic heterocycles. The molecule has 0 saturated carbocycles. The maximum absolute atomic E-state index is 13.7. The summed E-state index contributed by atoms with van der Waals surface area (Å²) in [5.41, 5.74) is 15.2. The zero-order chi connectivity index (χ0) is 35.1. The quantitative estimate of drug-likeness (QED) is 0.0781. The van der Waals surface area contributed by atoms with Gasteiger partial charge in [0.2, 0.25) is 23.6 Å². The predicted molar refractivity (Wildman–Crippen MR) is 181 cm³/mol. The van der Waals surface area contributed by atoms with Crippen molar-refractivity contribution in [2.24, 2.45) is 11.5 Å². The molecule has 0 aliphatic rings. The van der Waals surface area contributed by atoms with Crippen LogP contribution in [0, 0.1) is 0 Å². The third-order valence-electron chi connectivity index (χ3n) is 8.21. The van der Waals surface area contributed by atoms with Crippen molar-refractivity contribution in [2.75, 3.05) is 0 Å². The number of aromatic amines is 2. The number of carboxylic acid groups (broad SMARTS) is 1. The standard InChI is InChI=1S/C35H37N7O7/c36-25(14-20-17-38-26-7-3-1-5-23(20)26)32(45)40-29(16-31(37)44)34(47)41-28(13-19-9-11-22(43)12-10-19)33(46)42-30(35(48)49)15-21-18-39-27-8-4-2-6-24(21)27/h1-12,17-18,25,28-30,38-39,43H,13-16,36H2,(H2,37,44)(H,40,45)(H,41,47)(H,42,46)(H,48,49). The van der Waals surface area contributed by atoms with Gasteiger partial charge < -0.3 is 47.6 Å². The number of hydrogen-bond donors (Lipinski definition) is 9. The van der Waals surface area contributed by atoms with E-state index >= 15 is 0 Å². The number of aliphatic carboxylic acids is 1. The number of rotatable bonds is 15. The molecule has 0 spiro atoms. The van der Waals surface area contributed by atoms with Crippen molar-refractivity contribution < 1.29 is 34.2 Å². The SMILES string of the molecule is NC(=O)CC(NC(=O)C(N)Cc1c[nH]c2ccccc12)C(=O)NC(Cc1ccc(O)cc1)C(=O)NC(Cc1c[nH]c2ccccc12)C(=O)O. The van der Waals surface area contributed by atoms with Crippen LogP contribution in [-0.4, -0.2) is 73.9 Å². The van der Waals surface area contributed by atoms with E-state index in [-0.39, 0.29) is 25.0 Å². The highest BCUT2D eigenvalue weighted by Gasteiger charge is 2.32. The number of H-pyrrole nitrogens is 2. The highest BCUT2D eigenvalue weighted by Crippen LogP contribution is 2.20. The zero-order valence-corrected chi connectivity index (χ0v) is 26.3. The lowest BCUT2D eigenvalue weighted by molar-refractivity contribution is -0.142. The number of para-hydroxylation sites is 2. The van der Waals surface area contributed by atoms with Crippen molar-refractivity contribution in [2.45, 2.75) is 49.9 Å². The number of aromatic hydroxyl groups is 1. The van der Waals surface area contributed by atoms with Gasteiger partial charge in [-0.15, -0.1) is 0 Å². The summed E-state index contributed by atoms with van der Waals surface area (Å²) in [6, 6.07) is 15.3. The highest BCUT2D eigenvalue weighted by molar-refractivity contribution is 5.96. The molecule has 0 saturated heterocycles. The van der Waals surface area contributed by atoms with Crippen molar-refractivity contribution in [3.8, 4) is 5.75 Å². The topological polar surface area (TPSA) is 246 Å². The van der Waals surface area contributed by atoms with Crippen molar-refractivity contribution in [3.63, 3.8) is 0 Å². The number of hydrogen-bond acceptors (Lipinski definition) is 7. The zero-order valence-electron chi connectivity index (χ0n) is 26.3. The van der Waals surface area contributed by atoms with E-state index in [4.69, 9.17) is 11.5 Å². The van der Waals surface area contributed by atoms with Crippen LogP contribution in [0.1, 0.15) is 23.1 Å². The number of primary amides is 1. The molecule has 0 radical (unpaired) electrons. The first kappa shape index (κ1) is 34.2. The number of nitrogens with two attached hydrogens (primary N) is 2. The minimum atomic E-state index is -1.49. The van der Waals surface area contributed by atoms with E-state index in [2.05, 4.69) is 25.9 Å². The van der Waals surface area contributed by atoms with Gasteiger partial charge in [0.15, 0.2) is 0 Å². The first-order valence-electron chi connectivity index (χ1n) is 15.5. The van der Waals surface area contributed by atoms with Crippen molar-refractivity contribution >= 4 is 51.4 Å². The van der Waals surface area contributed by atoms with Gasteiger partial charge in [0.25, 0.3) is 0 Å². The van der Waals surface area contributed by atoms with Crippen molar-refractivity contribution in [3.05, 3.63) is 102 Å². The molecule has 5 aromatic rings. The number of phenolic OH excluding ortho intramolecular Hbond substituents is 1. The number of benzene rings is 3. The molecule has 4 amide bonds. The van der Waals surface area contributed by atoms with Gasteiger partial charge in [-0.3, -0.25) is 19.2 Å². The van der Waals surface area contributed by atoms with Crippen molar-refractivity contribution in [1.29, 1.82) is 0 Å². The fourth-order valence-electron chi connectivity index (χ4n) is 5.66. The van der Waals surface area contributed by atoms with E-state index < -0.39 is 60.2 Å². The van der Waals surface area contributed by atoms with Crippen LogP contribution in [0.5, 0.6) is 5.75 Å². The van der Waals surface area contributed by atoms with Gasteiger partial charge in [0, 0.05) is 47.0 Å². The normalized spacial score (nSPS) is 13.7. The molecular formula is C35H37N7O7. The van der Waals surface area contributed by atoms with Crippen LogP contribution < -0.4 is 27.4 Å². The lowest BCUT2D eigenvalue weighted by Crippen LogP contribution is -2.58. The van der Waals surface area contributed by atoms with Gasteiger partial charge >= 0.3 is 5.97 Å². The van der Waals surface area contributed by atoms with Crippen LogP contribution in [0.25, 0.3) is 21.8 Å². The maximum atomic E-state index is 13.7. The molecular weight excluding hydrogens is 630 g/mol. The third kappa shape index (κ3) is 8.61. The number of carbonyl (C=O) groups is 5. The van der Waals surface area contributed by atoms with Gasteiger partial charge in [0.05, 0.1) is 12.5 Å². The maximum Gasteiger partial charge on any atom is 0.326 e. The first-order chi connectivity index (χ1) is 23.5. The fourth-order valence-corrected chi connectivity index (χ4v) is 5.66. The number of nitrogens with one attached hydrogen (secondary N) is 5. The number of aromatic nitrogens is 2. The molecule has 254 valence electrons.